The molecule has 0 saturated heterocycles. The molecule has 0 saturated carbocycles. The van der Waals surface area contributed by atoms with Crippen LogP contribution in [0.2, 0.25) is 0 Å². The van der Waals surface area contributed by atoms with E-state index in [9.17, 15) is 18.1 Å². The van der Waals surface area contributed by atoms with Crippen molar-refractivity contribution in [1.29, 1.82) is 0 Å². The number of aromatic hydroxyl groups is 1. The van der Waals surface area contributed by atoms with Gasteiger partial charge in [-0.25, -0.2) is 13.0 Å². The Balaban J connectivity index is 2.68. The highest BCUT2D eigenvalue weighted by Crippen LogP contribution is 2.56. The SMILES string of the molecule is CCOP(=O)(OCC)N(c1ccc(O)cc1)S(=O)(=O)c1ccc(C)cc1. The first-order valence-corrected chi connectivity index (χ1v) is 11.0. The standard InChI is InChI=1S/C17H22NO6PS/c1-4-23-25(20,24-5-2)18(15-8-10-16(19)11-9-15)26(21,22)17-12-6-14(3)7-13-17/h6-13,19H,4-5H2,1-3H3. The molecule has 0 aliphatic carbocycles. The predicted molar refractivity (Wildman–Crippen MR) is 99.8 cm³/mol. The van der Waals surface area contributed by atoms with Crippen LogP contribution in [0.15, 0.2) is 53.4 Å². The number of phenolic OH excluding ortho intramolecular Hbond substituents is 1. The van der Waals surface area contributed by atoms with Crippen molar-refractivity contribution in [1.82, 2.24) is 0 Å². The van der Waals surface area contributed by atoms with E-state index in [1.807, 2.05) is 6.92 Å². The number of sulfonamides is 1. The van der Waals surface area contributed by atoms with Gasteiger partial charge in [0.05, 0.1) is 23.8 Å². The molecule has 142 valence electrons. The molecule has 0 spiro atoms. The van der Waals surface area contributed by atoms with E-state index >= 15 is 0 Å². The van der Waals surface area contributed by atoms with Crippen molar-refractivity contribution in [3.63, 3.8) is 0 Å². The third-order valence-corrected chi connectivity index (χ3v) is 8.05. The Bertz CT molecular complexity index is 870. The van der Waals surface area contributed by atoms with Gasteiger partial charge in [0.25, 0.3) is 10.0 Å². The molecule has 0 unspecified atom stereocenters. The Kier molecular flexibility index (Phi) is 6.47. The molecule has 1 N–H and O–H groups in total. The minimum atomic E-state index is -4.25. The van der Waals surface area contributed by atoms with Crippen LogP contribution in [0.1, 0.15) is 19.4 Å². The number of hydrogen-bond acceptors (Lipinski definition) is 6. The second kappa shape index (κ2) is 8.22. The van der Waals surface area contributed by atoms with E-state index in [0.717, 1.165) is 5.56 Å². The van der Waals surface area contributed by atoms with E-state index in [1.165, 1.54) is 36.4 Å². The number of benzene rings is 2. The van der Waals surface area contributed by atoms with Gasteiger partial charge >= 0.3 is 7.75 Å². The molecule has 0 heterocycles. The first-order valence-electron chi connectivity index (χ1n) is 8.05. The van der Waals surface area contributed by atoms with Crippen LogP contribution in [0.4, 0.5) is 5.69 Å². The van der Waals surface area contributed by atoms with Crippen LogP contribution in [0, 0.1) is 6.92 Å². The van der Waals surface area contributed by atoms with E-state index in [4.69, 9.17) is 9.05 Å². The van der Waals surface area contributed by atoms with Crippen molar-refractivity contribution in [3.05, 3.63) is 54.1 Å². The molecule has 0 aromatic heterocycles. The summed E-state index contributed by atoms with van der Waals surface area (Å²) in [6.07, 6.45) is 0. The number of anilines is 1. The average Bonchev–Trinajstić information content (AvgIpc) is 2.57. The van der Waals surface area contributed by atoms with Gasteiger partial charge in [-0.1, -0.05) is 17.7 Å². The Hall–Kier alpha value is -1.86. The summed E-state index contributed by atoms with van der Waals surface area (Å²) in [7, 11) is -8.45. The zero-order valence-electron chi connectivity index (χ0n) is 14.8. The minimum Gasteiger partial charge on any atom is -0.508 e. The largest absolute Gasteiger partial charge is 0.508 e. The molecule has 0 atom stereocenters. The topological polar surface area (TPSA) is 93.1 Å². The third-order valence-electron chi connectivity index (χ3n) is 3.42. The fourth-order valence-corrected chi connectivity index (χ4v) is 6.32. The van der Waals surface area contributed by atoms with Gasteiger partial charge < -0.3 is 5.11 Å². The molecule has 2 rings (SSSR count). The lowest BCUT2D eigenvalue weighted by molar-refractivity contribution is 0.221. The summed E-state index contributed by atoms with van der Waals surface area (Å²) < 4.78 is 51.0. The normalized spacial score (nSPS) is 12.1. The van der Waals surface area contributed by atoms with Gasteiger partial charge in [-0.3, -0.25) is 9.05 Å². The molecule has 0 aliphatic rings. The summed E-state index contributed by atoms with van der Waals surface area (Å²) in [5, 5.41) is 9.50. The van der Waals surface area contributed by atoms with E-state index in [0.29, 0.717) is 4.08 Å². The predicted octanol–water partition coefficient (Wildman–Crippen LogP) is 4.08. The summed E-state index contributed by atoms with van der Waals surface area (Å²) in [5.74, 6) is -0.0518. The van der Waals surface area contributed by atoms with Crippen molar-refractivity contribution in [3.8, 4) is 5.75 Å². The van der Waals surface area contributed by atoms with Crippen LogP contribution in [-0.2, 0) is 23.6 Å². The Morgan fingerprint density at radius 2 is 1.46 bits per heavy atom. The van der Waals surface area contributed by atoms with Gasteiger partial charge in [0, 0.05) is 0 Å². The zero-order chi connectivity index (χ0) is 19.4. The summed E-state index contributed by atoms with van der Waals surface area (Å²) in [4.78, 5) is -0.0455. The van der Waals surface area contributed by atoms with Crippen molar-refractivity contribution in [2.45, 2.75) is 25.7 Å². The van der Waals surface area contributed by atoms with Gasteiger partial charge in [-0.15, -0.1) is 0 Å². The van der Waals surface area contributed by atoms with Crippen LogP contribution in [0.25, 0.3) is 0 Å². The summed E-state index contributed by atoms with van der Waals surface area (Å²) >= 11 is 0. The minimum absolute atomic E-state index is 0.00468. The average molecular weight is 399 g/mol. The number of nitrogens with zero attached hydrogens (tertiary/aromatic N) is 1. The first-order chi connectivity index (χ1) is 12.2. The quantitative estimate of drug-likeness (QED) is 0.673. The number of aryl methyl sites for hydroxylation is 1. The van der Waals surface area contributed by atoms with Crippen LogP contribution >= 0.6 is 7.75 Å². The van der Waals surface area contributed by atoms with Crippen LogP contribution in [0.5, 0.6) is 5.75 Å². The number of hydrogen-bond donors (Lipinski definition) is 1. The fourth-order valence-electron chi connectivity index (χ4n) is 2.27. The monoisotopic (exact) mass is 399 g/mol. The highest BCUT2D eigenvalue weighted by atomic mass is 32.2. The van der Waals surface area contributed by atoms with Gasteiger partial charge in [0.1, 0.15) is 5.75 Å². The molecule has 0 aliphatic heterocycles. The van der Waals surface area contributed by atoms with Crippen molar-refractivity contribution < 1.29 is 27.1 Å². The van der Waals surface area contributed by atoms with E-state index < -0.39 is 17.8 Å². The molecule has 0 fully saturated rings. The van der Waals surface area contributed by atoms with Crippen molar-refractivity contribution >= 4 is 23.5 Å². The number of phenols is 1. The molecule has 26 heavy (non-hydrogen) atoms. The molecule has 9 heteroatoms. The maximum absolute atomic E-state index is 13.3. The molecule has 2 aromatic rings. The molecule has 2 aromatic carbocycles. The lowest BCUT2D eigenvalue weighted by atomic mass is 10.2. The highest BCUT2D eigenvalue weighted by Gasteiger charge is 2.43. The smallest absolute Gasteiger partial charge is 0.449 e. The van der Waals surface area contributed by atoms with Gasteiger partial charge in [0.2, 0.25) is 0 Å². The molecular formula is C17H22NO6PS. The van der Waals surface area contributed by atoms with Crippen molar-refractivity contribution in [2.24, 2.45) is 0 Å². The number of rotatable bonds is 8. The summed E-state index contributed by atoms with van der Waals surface area (Å²) in [6.45, 7) is 5.02. The van der Waals surface area contributed by atoms with E-state index in [2.05, 4.69) is 0 Å². The fraction of sp³-hybridized carbons (Fsp3) is 0.294. The lowest BCUT2D eigenvalue weighted by Gasteiger charge is -2.30. The van der Waals surface area contributed by atoms with E-state index in [-0.39, 0.29) is 29.5 Å². The van der Waals surface area contributed by atoms with Gasteiger partial charge in [-0.2, -0.15) is 4.08 Å². The Morgan fingerprint density at radius 3 is 1.92 bits per heavy atom. The molecule has 0 radical (unpaired) electrons. The van der Waals surface area contributed by atoms with Crippen LogP contribution in [0.3, 0.4) is 0 Å². The Labute approximate surface area is 153 Å². The Morgan fingerprint density at radius 1 is 0.962 bits per heavy atom. The molecule has 7 nitrogen and oxygen atoms in total. The maximum Gasteiger partial charge on any atom is 0.449 e. The van der Waals surface area contributed by atoms with Gasteiger partial charge in [-0.05, 0) is 57.2 Å². The summed E-state index contributed by atoms with van der Waals surface area (Å²) in [5.41, 5.74) is 0.951. The third kappa shape index (κ3) is 4.27. The van der Waals surface area contributed by atoms with E-state index in [1.54, 1.807) is 26.0 Å². The molecule has 0 amide bonds. The maximum atomic E-state index is 13.3. The zero-order valence-corrected chi connectivity index (χ0v) is 16.5. The van der Waals surface area contributed by atoms with Crippen molar-refractivity contribution in [2.75, 3.05) is 17.3 Å². The first kappa shape index (κ1) is 20.5. The highest BCUT2D eigenvalue weighted by molar-refractivity contribution is 7.99. The second-order valence-electron chi connectivity index (χ2n) is 5.38. The lowest BCUT2D eigenvalue weighted by Crippen LogP contribution is -2.30. The second-order valence-corrected chi connectivity index (χ2v) is 9.29. The molecule has 0 bridgehead atoms. The van der Waals surface area contributed by atoms with Crippen LogP contribution in [-0.4, -0.2) is 26.7 Å². The molecular weight excluding hydrogens is 377 g/mol. The van der Waals surface area contributed by atoms with Gasteiger partial charge in [0.15, 0.2) is 0 Å². The van der Waals surface area contributed by atoms with Crippen LogP contribution < -0.4 is 4.08 Å². The summed E-state index contributed by atoms with van der Waals surface area (Å²) in [6, 6.07) is 11.4.